The van der Waals surface area contributed by atoms with E-state index >= 15 is 0 Å². The zero-order chi connectivity index (χ0) is 54.1. The average molecular weight is 1100 g/mol. The van der Waals surface area contributed by atoms with E-state index in [0.29, 0.717) is 18.5 Å². The van der Waals surface area contributed by atoms with Crippen molar-refractivity contribution in [1.82, 2.24) is 15.3 Å². The summed E-state index contributed by atoms with van der Waals surface area (Å²) in [6.45, 7) is 9.90. The third kappa shape index (κ3) is 13.4. The number of amides is 1. The van der Waals surface area contributed by atoms with Crippen LogP contribution in [0.5, 0.6) is 0 Å². The quantitative estimate of drug-likeness (QED) is 0.0176. The zero-order valence-electron chi connectivity index (χ0n) is 46.4. The van der Waals surface area contributed by atoms with Crippen molar-refractivity contribution in [3.05, 3.63) is 197 Å². The van der Waals surface area contributed by atoms with Crippen molar-refractivity contribution < 1.29 is 43.5 Å². The molecular weight excluding hydrogens is 1030 g/mol. The fourth-order valence-electron chi connectivity index (χ4n) is 10.8. The molecule has 10 nitrogen and oxygen atoms in total. The van der Waals surface area contributed by atoms with E-state index in [1.165, 1.54) is 11.1 Å². The molecule has 0 aliphatic rings. The van der Waals surface area contributed by atoms with E-state index in [4.69, 9.17) is 21.4 Å². The van der Waals surface area contributed by atoms with Crippen molar-refractivity contribution in [3.63, 3.8) is 0 Å². The molecule has 0 bridgehead atoms. The number of nitrogen functional groups attached to an aromatic ring is 2. The zero-order valence-corrected chi connectivity index (χ0v) is 47.9. The van der Waals surface area contributed by atoms with Crippen LogP contribution in [0.2, 0.25) is 0 Å². The summed E-state index contributed by atoms with van der Waals surface area (Å²) in [4.78, 5) is 36.3. The Balaban J connectivity index is 0.00000420. The number of halogens is 2. The number of nitrogens with zero attached hydrogens (tertiary/aromatic N) is 4. The van der Waals surface area contributed by atoms with Gasteiger partial charge in [0.25, 0.3) is 5.91 Å². The molecule has 1 amide bonds. The number of aromatic nitrogens is 4. The molecule has 0 unspecified atom stereocenters. The van der Waals surface area contributed by atoms with E-state index in [1.54, 1.807) is 0 Å². The van der Waals surface area contributed by atoms with Crippen LogP contribution in [-0.4, -0.2) is 34.7 Å². The minimum atomic E-state index is -0.0548. The first-order valence-electron chi connectivity index (χ1n) is 28.0. The summed E-state index contributed by atoms with van der Waals surface area (Å²) in [6, 6.07) is 53.6. The number of aryl methyl sites for hydroxylation is 5. The molecule has 80 heavy (non-hydrogen) atoms. The second kappa shape index (κ2) is 26.8. The molecular formula is C68H72Cl2N8O2. The molecule has 8 aromatic carbocycles. The number of fused-ring (bicyclic) bond motifs is 4. The summed E-state index contributed by atoms with van der Waals surface area (Å²) in [6.07, 6.45) is 12.0. The van der Waals surface area contributed by atoms with Gasteiger partial charge in [0.1, 0.15) is 22.1 Å². The summed E-state index contributed by atoms with van der Waals surface area (Å²) >= 11 is 0. The number of para-hydroxylation sites is 2. The highest BCUT2D eigenvalue weighted by Gasteiger charge is 2.24. The van der Waals surface area contributed by atoms with Crippen LogP contribution in [0.1, 0.15) is 119 Å². The minimum Gasteiger partial charge on any atom is -1.00 e. The normalized spacial score (nSPS) is 11.2. The van der Waals surface area contributed by atoms with Crippen LogP contribution in [-0.2, 0) is 6.42 Å². The average Bonchev–Trinajstić information content (AvgIpc) is 3.54. The van der Waals surface area contributed by atoms with Crippen LogP contribution < -0.4 is 56.0 Å². The van der Waals surface area contributed by atoms with Crippen molar-refractivity contribution >= 4 is 72.9 Å². The van der Waals surface area contributed by atoms with Gasteiger partial charge in [0, 0.05) is 96.2 Å². The number of rotatable bonds is 22. The Kier molecular flexibility index (Phi) is 19.5. The predicted octanol–water partition coefficient (Wildman–Crippen LogP) is 8.27. The Morgan fingerprint density at radius 3 is 1.44 bits per heavy atom. The predicted molar refractivity (Wildman–Crippen MR) is 321 cm³/mol. The largest absolute Gasteiger partial charge is 1.00 e. The van der Waals surface area contributed by atoms with Crippen LogP contribution in [0, 0.1) is 27.7 Å². The smallest absolute Gasteiger partial charge is 0.251 e. The fourth-order valence-corrected chi connectivity index (χ4v) is 10.8. The van der Waals surface area contributed by atoms with Gasteiger partial charge in [0.05, 0.1) is 0 Å². The van der Waals surface area contributed by atoms with Gasteiger partial charge in [0.2, 0.25) is 33.4 Å². The lowest BCUT2D eigenvalue weighted by atomic mass is 9.99. The summed E-state index contributed by atoms with van der Waals surface area (Å²) in [5.41, 5.74) is 34.7. The fraction of sp³-hybridized carbons (Fsp3) is 0.265. The Hall–Kier alpha value is -7.92. The number of nitrogens with one attached hydrogen (secondary N) is 2. The molecule has 6 N–H and O–H groups in total. The lowest BCUT2D eigenvalue weighted by Gasteiger charge is -2.12. The van der Waals surface area contributed by atoms with E-state index in [2.05, 4.69) is 119 Å². The molecule has 2 aromatic heterocycles. The topological polar surface area (TPSA) is 144 Å². The lowest BCUT2D eigenvalue weighted by Crippen LogP contribution is -3.00. The molecule has 10 aromatic rings. The number of anilines is 3. The van der Waals surface area contributed by atoms with Gasteiger partial charge in [0.15, 0.2) is 5.78 Å². The number of unbranched alkanes of at least 4 members (excludes halogenated alkanes) is 8. The van der Waals surface area contributed by atoms with Crippen LogP contribution in [0.25, 0.3) is 66.6 Å². The third-order valence-electron chi connectivity index (χ3n) is 15.4. The third-order valence-corrected chi connectivity index (χ3v) is 15.4. The number of hydrogen-bond acceptors (Lipinski definition) is 7. The number of carbonyl (C=O) groups excluding carboxylic acids is 2. The Morgan fingerprint density at radius 2 is 0.887 bits per heavy atom. The van der Waals surface area contributed by atoms with E-state index in [1.807, 2.05) is 86.6 Å². The maximum atomic E-state index is 13.1. The molecule has 0 radical (unpaired) electrons. The number of Topliss-reactive ketones (excluding diaryl/α,β-unsaturated/α-hetero) is 1. The van der Waals surface area contributed by atoms with Gasteiger partial charge in [-0.1, -0.05) is 111 Å². The highest BCUT2D eigenvalue weighted by molar-refractivity contribution is 5.97. The maximum absolute atomic E-state index is 13.1. The first kappa shape index (κ1) is 58.2. The molecule has 0 atom stereocenters. The van der Waals surface area contributed by atoms with Crippen LogP contribution in [0.15, 0.2) is 158 Å². The molecule has 10 rings (SSSR count). The number of benzene rings is 8. The van der Waals surface area contributed by atoms with E-state index < -0.39 is 0 Å². The molecule has 0 aliphatic carbocycles. The molecule has 0 saturated heterocycles. The second-order valence-corrected chi connectivity index (χ2v) is 21.2. The first-order valence-corrected chi connectivity index (χ1v) is 28.0. The molecule has 410 valence electrons. The van der Waals surface area contributed by atoms with Gasteiger partial charge < -0.3 is 46.9 Å². The van der Waals surface area contributed by atoms with Crippen molar-refractivity contribution in [2.75, 3.05) is 29.9 Å². The number of hydrogen-bond donors (Lipinski definition) is 4. The van der Waals surface area contributed by atoms with Gasteiger partial charge >= 0.3 is 0 Å². The summed E-state index contributed by atoms with van der Waals surface area (Å²) in [5.74, 6) is 0.123. The van der Waals surface area contributed by atoms with Crippen molar-refractivity contribution in [3.8, 4) is 22.5 Å². The number of ketones is 1. The number of nitrogens with two attached hydrogens (primary N) is 2. The molecule has 0 saturated carbocycles. The standard InChI is InChI=1S/C68H70N8O2.2ClH/c1-45-37-59-63(75(54-22-14-11-15-23-54)64-42-56(69)46(2)38-60(64)73-59)41-53(45)21-13-7-5-10-20-36-72-68(78)52-33-29-50(30-34-52)49-27-31-51(32-28-49)67(77)26-18-8-6-9-19-35-71-58-44-66-62(40-48(58)4)74-61-39-47(3)57(70)43-65(61)76(66)55-24-16-12-17-25-55;;/h11-12,14-17,22-25,27-34,37-44,69H,5-10,13,18-21,26,35-36H2,1-4H3,(H3,70,71,72,78);2*1H. The SMILES string of the molecule is Cc1cc2nc3cc(C)c(CCCCCCCNC(=O)c4ccc(-c5ccc(C(=O)CCCCCCCNc6cc7c(cc6C)nc6cc(C)c(N)cc6[n+]7-c6ccccc6)cc5)cc4)cc3[n+](-c3ccccc3)c2cc1N.[Cl-].[Cl-]. The highest BCUT2D eigenvalue weighted by Crippen LogP contribution is 2.29. The number of carbonyl (C=O) groups is 2. The highest BCUT2D eigenvalue weighted by atomic mass is 35.5. The molecule has 0 spiro atoms. The van der Waals surface area contributed by atoms with Crippen LogP contribution >= 0.6 is 0 Å². The second-order valence-electron chi connectivity index (χ2n) is 21.2. The summed E-state index contributed by atoms with van der Waals surface area (Å²) in [5, 5.41) is 6.81. The molecule has 0 aliphatic heterocycles. The Bertz CT molecular complexity index is 3550. The van der Waals surface area contributed by atoms with Crippen LogP contribution in [0.4, 0.5) is 17.1 Å². The first-order chi connectivity index (χ1) is 38.0. The monoisotopic (exact) mass is 1100 g/mol. The molecule has 12 heteroatoms. The van der Waals surface area contributed by atoms with Gasteiger partial charge in [-0.05, 0) is 135 Å². The van der Waals surface area contributed by atoms with Crippen molar-refractivity contribution in [2.45, 2.75) is 105 Å². The van der Waals surface area contributed by atoms with E-state index in [9.17, 15) is 9.59 Å². The lowest BCUT2D eigenvalue weighted by molar-refractivity contribution is -0.538. The van der Waals surface area contributed by atoms with Gasteiger partial charge in [-0.15, -0.1) is 9.13 Å². The molecule has 0 fully saturated rings. The van der Waals surface area contributed by atoms with Gasteiger partial charge in [-0.25, -0.2) is 9.97 Å². The maximum Gasteiger partial charge on any atom is 0.251 e. The minimum absolute atomic E-state index is 0. The summed E-state index contributed by atoms with van der Waals surface area (Å²) in [7, 11) is 0. The Morgan fingerprint density at radius 1 is 0.450 bits per heavy atom. The summed E-state index contributed by atoms with van der Waals surface area (Å²) < 4.78 is 4.55. The van der Waals surface area contributed by atoms with Gasteiger partial charge in [-0.2, -0.15) is 0 Å². The van der Waals surface area contributed by atoms with Crippen molar-refractivity contribution in [2.24, 2.45) is 0 Å². The van der Waals surface area contributed by atoms with E-state index in [-0.39, 0.29) is 36.5 Å². The van der Waals surface area contributed by atoms with E-state index in [0.717, 1.165) is 183 Å². The van der Waals surface area contributed by atoms with Crippen molar-refractivity contribution in [1.29, 1.82) is 0 Å². The van der Waals surface area contributed by atoms with Crippen LogP contribution in [0.3, 0.4) is 0 Å². The Labute approximate surface area is 482 Å². The molecule has 2 heterocycles. The van der Waals surface area contributed by atoms with Gasteiger partial charge in [-0.3, -0.25) is 9.59 Å².